The number of carboxylic acid groups (broad SMARTS) is 1. The van der Waals surface area contributed by atoms with Crippen LogP contribution in [0.2, 0.25) is 0 Å². The monoisotopic (exact) mass is 510 g/mol. The summed E-state index contributed by atoms with van der Waals surface area (Å²) in [7, 11) is 1.36. The van der Waals surface area contributed by atoms with Gasteiger partial charge in [0.2, 0.25) is 0 Å². The van der Waals surface area contributed by atoms with Gasteiger partial charge in [0.15, 0.2) is 5.78 Å². The summed E-state index contributed by atoms with van der Waals surface area (Å²) in [5.41, 5.74) is 1.49. The molecule has 0 bridgehead atoms. The fraction of sp³-hybridized carbons (Fsp3) is 0.633. The predicted molar refractivity (Wildman–Crippen MR) is 136 cm³/mol. The molecule has 2 heterocycles. The van der Waals surface area contributed by atoms with Gasteiger partial charge in [0.1, 0.15) is 0 Å². The number of ketones is 1. The van der Waals surface area contributed by atoms with Crippen LogP contribution in [0.25, 0.3) is 0 Å². The topological polar surface area (TPSA) is 103 Å². The van der Waals surface area contributed by atoms with Crippen LogP contribution in [-0.2, 0) is 23.9 Å². The molecular weight excluding hydrogens is 472 g/mol. The number of allylic oxidation sites excluding steroid dienone is 2. The summed E-state index contributed by atoms with van der Waals surface area (Å²) in [6, 6.07) is 0. The maximum atomic E-state index is 13.9. The summed E-state index contributed by atoms with van der Waals surface area (Å²) < 4.78 is 17.6. The van der Waals surface area contributed by atoms with Crippen LogP contribution in [0.3, 0.4) is 0 Å². The number of furan rings is 1. The van der Waals surface area contributed by atoms with Crippen molar-refractivity contribution in [2.24, 2.45) is 39.9 Å². The third-order valence-corrected chi connectivity index (χ3v) is 10.7. The zero-order chi connectivity index (χ0) is 27.2. The van der Waals surface area contributed by atoms with Crippen molar-refractivity contribution in [3.63, 3.8) is 0 Å². The van der Waals surface area contributed by atoms with E-state index in [-0.39, 0.29) is 29.8 Å². The molecule has 10 atom stereocenters. The van der Waals surface area contributed by atoms with Crippen molar-refractivity contribution < 1.29 is 33.4 Å². The maximum Gasteiger partial charge on any atom is 0.313 e. The number of rotatable bonds is 4. The molecule has 3 aliphatic carbocycles. The Hall–Kier alpha value is -2.67. The molecule has 1 aliphatic heterocycles. The van der Waals surface area contributed by atoms with Crippen LogP contribution < -0.4 is 0 Å². The lowest BCUT2D eigenvalue weighted by Gasteiger charge is -2.63. The Morgan fingerprint density at radius 2 is 1.84 bits per heavy atom. The highest BCUT2D eigenvalue weighted by Gasteiger charge is 2.74. The Bertz CT molecular complexity index is 1240. The number of aliphatic carboxylic acids is 1. The molecule has 2 fully saturated rings. The first-order valence-electron chi connectivity index (χ1n) is 13.2. The van der Waals surface area contributed by atoms with Gasteiger partial charge < -0.3 is 19.0 Å². The number of ether oxygens (including phenoxy) is 2. The quantitative estimate of drug-likeness (QED) is 0.444. The van der Waals surface area contributed by atoms with Crippen LogP contribution in [0.1, 0.15) is 65.0 Å². The van der Waals surface area contributed by atoms with E-state index in [1.807, 2.05) is 27.7 Å². The van der Waals surface area contributed by atoms with Gasteiger partial charge in [-0.2, -0.15) is 0 Å². The minimum Gasteiger partial charge on any atom is -0.481 e. The Morgan fingerprint density at radius 1 is 1.16 bits per heavy atom. The normalized spacial score (nSPS) is 43.3. The molecule has 0 radical (unpaired) electrons. The van der Waals surface area contributed by atoms with Crippen molar-refractivity contribution in [1.82, 2.24) is 0 Å². The largest absolute Gasteiger partial charge is 0.481 e. The molecule has 0 amide bonds. The molecule has 1 N–H and O–H groups in total. The van der Waals surface area contributed by atoms with Crippen LogP contribution in [0.5, 0.6) is 0 Å². The molecule has 1 saturated heterocycles. The predicted octanol–water partition coefficient (Wildman–Crippen LogP) is 5.09. The molecule has 4 aliphatic rings. The highest BCUT2D eigenvalue weighted by molar-refractivity contribution is 5.99. The molecule has 5 rings (SSSR count). The molecule has 3 unspecified atom stereocenters. The van der Waals surface area contributed by atoms with E-state index in [1.54, 1.807) is 25.5 Å². The van der Waals surface area contributed by atoms with E-state index in [0.29, 0.717) is 0 Å². The van der Waals surface area contributed by atoms with Crippen LogP contribution in [0, 0.1) is 46.8 Å². The summed E-state index contributed by atoms with van der Waals surface area (Å²) >= 11 is 0. The Morgan fingerprint density at radius 3 is 2.41 bits per heavy atom. The molecule has 1 aromatic heterocycles. The maximum absolute atomic E-state index is 13.9. The fourth-order valence-electron chi connectivity index (χ4n) is 9.53. The summed E-state index contributed by atoms with van der Waals surface area (Å²) in [4.78, 5) is 39.8. The van der Waals surface area contributed by atoms with E-state index in [2.05, 4.69) is 13.8 Å². The van der Waals surface area contributed by atoms with Crippen molar-refractivity contribution in [3.8, 4) is 0 Å². The average molecular weight is 511 g/mol. The van der Waals surface area contributed by atoms with E-state index >= 15 is 0 Å². The van der Waals surface area contributed by atoms with Gasteiger partial charge in [-0.05, 0) is 62.2 Å². The summed E-state index contributed by atoms with van der Waals surface area (Å²) in [5, 5.41) is 10.4. The van der Waals surface area contributed by atoms with Gasteiger partial charge in [0.25, 0.3) is 0 Å². The molecule has 7 nitrogen and oxygen atoms in total. The van der Waals surface area contributed by atoms with Crippen LogP contribution in [-0.4, -0.2) is 42.1 Å². The highest BCUT2D eigenvalue weighted by atomic mass is 16.5. The third-order valence-electron chi connectivity index (χ3n) is 10.7. The zero-order valence-corrected chi connectivity index (χ0v) is 23.0. The first kappa shape index (κ1) is 26.0. The van der Waals surface area contributed by atoms with Gasteiger partial charge in [0.05, 0.1) is 43.2 Å². The number of aryl methyl sites for hydroxylation is 1. The number of carbonyl (C=O) groups excluding carboxylic acids is 2. The second kappa shape index (κ2) is 8.16. The Balaban J connectivity index is 1.77. The van der Waals surface area contributed by atoms with E-state index < -0.39 is 45.9 Å². The van der Waals surface area contributed by atoms with Gasteiger partial charge in [-0.1, -0.05) is 39.3 Å². The summed E-state index contributed by atoms with van der Waals surface area (Å²) in [5.74, 6) is -3.36. The van der Waals surface area contributed by atoms with Gasteiger partial charge >= 0.3 is 11.9 Å². The highest BCUT2D eigenvalue weighted by Crippen LogP contribution is 2.72. The number of esters is 1. The van der Waals surface area contributed by atoms with Crippen molar-refractivity contribution in [2.75, 3.05) is 7.11 Å². The number of fused-ring (bicyclic) bond motifs is 4. The number of carbonyl (C=O) groups is 3. The molecule has 0 spiro atoms. The first-order valence-corrected chi connectivity index (χ1v) is 13.2. The summed E-state index contributed by atoms with van der Waals surface area (Å²) in [6.07, 6.45) is 6.76. The lowest BCUT2D eigenvalue weighted by molar-refractivity contribution is -0.202. The van der Waals surface area contributed by atoms with E-state index in [1.165, 1.54) is 18.8 Å². The number of hydrogen-bond donors (Lipinski definition) is 1. The minimum atomic E-state index is -1.28. The average Bonchev–Trinajstić information content (AvgIpc) is 3.49. The standard InChI is InChI=1S/C30H38O7/c1-14-12-36-13-19(14)18-11-20-22(15(18)2)30(7)24(17(4)26(32)35-8)29(6)21(31)9-10-28(5,27(33)34)23(29)16(3)25(30)37-20/h9-10,12-13,16-18,20,23-25H,11H2,1-8H3,(H,33,34)/t16-,17?,18-,20-,23?,24?,25-,28-,29+,30+/m1/s1. The minimum absolute atomic E-state index is 0.123. The lowest BCUT2D eigenvalue weighted by Crippen LogP contribution is -2.68. The zero-order valence-electron chi connectivity index (χ0n) is 23.0. The summed E-state index contributed by atoms with van der Waals surface area (Å²) in [6.45, 7) is 13.7. The second-order valence-electron chi connectivity index (χ2n) is 12.4. The van der Waals surface area contributed by atoms with E-state index in [0.717, 1.165) is 23.1 Å². The molecule has 0 aromatic carbocycles. The molecule has 1 saturated carbocycles. The van der Waals surface area contributed by atoms with Gasteiger partial charge in [-0.15, -0.1) is 0 Å². The van der Waals surface area contributed by atoms with Crippen LogP contribution in [0.4, 0.5) is 0 Å². The van der Waals surface area contributed by atoms with Crippen molar-refractivity contribution in [2.45, 2.75) is 73.0 Å². The lowest BCUT2D eigenvalue weighted by atomic mass is 9.38. The molecule has 200 valence electrons. The van der Waals surface area contributed by atoms with E-state index in [9.17, 15) is 19.5 Å². The smallest absolute Gasteiger partial charge is 0.313 e. The number of methoxy groups -OCH3 is 1. The van der Waals surface area contributed by atoms with Crippen molar-refractivity contribution in [1.29, 1.82) is 0 Å². The third kappa shape index (κ3) is 3.06. The van der Waals surface area contributed by atoms with Gasteiger partial charge in [-0.25, -0.2) is 0 Å². The van der Waals surface area contributed by atoms with Crippen molar-refractivity contribution in [3.05, 3.63) is 47.0 Å². The molecule has 37 heavy (non-hydrogen) atoms. The molecular formula is C30H38O7. The Labute approximate surface area is 218 Å². The first-order chi connectivity index (χ1) is 17.3. The fourth-order valence-corrected chi connectivity index (χ4v) is 9.53. The van der Waals surface area contributed by atoms with Gasteiger partial charge in [0, 0.05) is 22.3 Å². The Kier molecular flexibility index (Phi) is 5.73. The van der Waals surface area contributed by atoms with Gasteiger partial charge in [-0.3, -0.25) is 14.4 Å². The number of hydrogen-bond acceptors (Lipinski definition) is 6. The number of carboxylic acids is 1. The van der Waals surface area contributed by atoms with Crippen LogP contribution in [0.15, 0.2) is 40.2 Å². The second-order valence-corrected chi connectivity index (χ2v) is 12.4. The molecule has 1 aromatic rings. The SMILES string of the molecule is COC(=O)C(C)C1[C@@]2(C)C(=O)C=C[C@@](C)(C(=O)O)C2[C@@H](C)[C@H]2O[C@@H]3C[C@@H](c4cocc4C)C(C)=C3[C@@]12C. The van der Waals surface area contributed by atoms with E-state index in [4.69, 9.17) is 13.9 Å². The molecule has 7 heteroatoms. The van der Waals surface area contributed by atoms with Crippen molar-refractivity contribution >= 4 is 17.7 Å². The van der Waals surface area contributed by atoms with Crippen LogP contribution >= 0.6 is 0 Å².